The lowest BCUT2D eigenvalue weighted by molar-refractivity contribution is -0.119. The highest BCUT2D eigenvalue weighted by Gasteiger charge is 2.07. The smallest absolute Gasteiger partial charge is 0.216 e. The highest BCUT2D eigenvalue weighted by Crippen LogP contribution is 2.06. The number of aromatic nitrogens is 1. The predicted octanol–water partition coefficient (Wildman–Crippen LogP) is 0.251. The number of amides is 1. The molecule has 4 nitrogen and oxygen atoms in total. The van der Waals surface area contributed by atoms with Crippen molar-refractivity contribution < 1.29 is 9.90 Å². The molecule has 4 heteroatoms. The Hall–Kier alpha value is -1.42. The van der Waals surface area contributed by atoms with Gasteiger partial charge in [-0.1, -0.05) is 6.07 Å². The van der Waals surface area contributed by atoms with Crippen LogP contribution in [0.15, 0.2) is 24.4 Å². The summed E-state index contributed by atoms with van der Waals surface area (Å²) in [6.45, 7) is 1.61. The van der Waals surface area contributed by atoms with Crippen LogP contribution in [0, 0.1) is 0 Å². The summed E-state index contributed by atoms with van der Waals surface area (Å²) in [5.74, 6) is -0.157. The fourth-order valence-electron chi connectivity index (χ4n) is 0.918. The Morgan fingerprint density at radius 1 is 1.69 bits per heavy atom. The molecule has 1 aromatic heterocycles. The van der Waals surface area contributed by atoms with E-state index in [1.807, 2.05) is 0 Å². The fourth-order valence-corrected chi connectivity index (χ4v) is 0.918. The summed E-state index contributed by atoms with van der Waals surface area (Å²) in [4.78, 5) is 14.5. The standard InChI is InChI=1S/C9H12N2O2/c1-7(12)11-6-9(13)8-4-2-3-5-10-8/h2-5,9,13H,6H2,1H3,(H,11,12). The highest BCUT2D eigenvalue weighted by molar-refractivity contribution is 5.72. The first-order valence-electron chi connectivity index (χ1n) is 4.03. The zero-order chi connectivity index (χ0) is 9.68. The summed E-state index contributed by atoms with van der Waals surface area (Å²) in [6.07, 6.45) is 0.872. The first-order chi connectivity index (χ1) is 6.20. The highest BCUT2D eigenvalue weighted by atomic mass is 16.3. The lowest BCUT2D eigenvalue weighted by Crippen LogP contribution is -2.26. The number of rotatable bonds is 3. The van der Waals surface area contributed by atoms with Crippen molar-refractivity contribution in [2.75, 3.05) is 6.54 Å². The van der Waals surface area contributed by atoms with Gasteiger partial charge in [0.2, 0.25) is 5.91 Å². The third-order valence-electron chi connectivity index (χ3n) is 1.57. The molecule has 0 saturated heterocycles. The molecule has 0 bridgehead atoms. The van der Waals surface area contributed by atoms with E-state index in [9.17, 15) is 9.90 Å². The average molecular weight is 180 g/mol. The van der Waals surface area contributed by atoms with Crippen LogP contribution in [-0.4, -0.2) is 22.5 Å². The number of carbonyl (C=O) groups is 1. The molecule has 0 aliphatic heterocycles. The van der Waals surface area contributed by atoms with Gasteiger partial charge in [0.15, 0.2) is 0 Å². The molecule has 1 atom stereocenters. The van der Waals surface area contributed by atoms with E-state index in [2.05, 4.69) is 10.3 Å². The quantitative estimate of drug-likeness (QED) is 0.701. The lowest BCUT2D eigenvalue weighted by atomic mass is 10.2. The molecule has 0 fully saturated rings. The zero-order valence-corrected chi connectivity index (χ0v) is 7.40. The van der Waals surface area contributed by atoms with Crippen molar-refractivity contribution >= 4 is 5.91 Å². The molecule has 0 saturated carbocycles. The molecular formula is C9H12N2O2. The molecular weight excluding hydrogens is 168 g/mol. The van der Waals surface area contributed by atoms with E-state index in [4.69, 9.17) is 0 Å². The number of hydrogen-bond donors (Lipinski definition) is 2. The molecule has 70 valence electrons. The molecule has 1 rings (SSSR count). The molecule has 0 radical (unpaired) electrons. The third kappa shape index (κ3) is 3.21. The van der Waals surface area contributed by atoms with Gasteiger partial charge in [-0.2, -0.15) is 0 Å². The summed E-state index contributed by atoms with van der Waals surface area (Å²) in [6, 6.07) is 5.28. The molecule has 13 heavy (non-hydrogen) atoms. The molecule has 1 aromatic rings. The van der Waals surface area contributed by atoms with E-state index in [0.717, 1.165) is 0 Å². The number of aliphatic hydroxyl groups is 1. The van der Waals surface area contributed by atoms with Crippen molar-refractivity contribution in [1.29, 1.82) is 0 Å². The number of aliphatic hydroxyl groups excluding tert-OH is 1. The summed E-state index contributed by atoms with van der Waals surface area (Å²) in [5.41, 5.74) is 0.566. The van der Waals surface area contributed by atoms with Crippen molar-refractivity contribution in [3.8, 4) is 0 Å². The van der Waals surface area contributed by atoms with E-state index in [1.54, 1.807) is 24.4 Å². The zero-order valence-electron chi connectivity index (χ0n) is 7.40. The van der Waals surface area contributed by atoms with Crippen LogP contribution >= 0.6 is 0 Å². The van der Waals surface area contributed by atoms with Crippen LogP contribution in [-0.2, 0) is 4.79 Å². The van der Waals surface area contributed by atoms with Crippen molar-refractivity contribution in [2.45, 2.75) is 13.0 Å². The number of nitrogens with zero attached hydrogens (tertiary/aromatic N) is 1. The van der Waals surface area contributed by atoms with Crippen LogP contribution in [0.4, 0.5) is 0 Å². The van der Waals surface area contributed by atoms with Crippen LogP contribution in [0.25, 0.3) is 0 Å². The lowest BCUT2D eigenvalue weighted by Gasteiger charge is -2.09. The van der Waals surface area contributed by atoms with E-state index >= 15 is 0 Å². The summed E-state index contributed by atoms with van der Waals surface area (Å²) in [5, 5.41) is 12.0. The topological polar surface area (TPSA) is 62.2 Å². The minimum Gasteiger partial charge on any atom is -0.385 e. The minimum absolute atomic E-state index is 0.157. The van der Waals surface area contributed by atoms with Crippen molar-refractivity contribution in [3.05, 3.63) is 30.1 Å². The molecule has 2 N–H and O–H groups in total. The van der Waals surface area contributed by atoms with Crippen molar-refractivity contribution in [1.82, 2.24) is 10.3 Å². The van der Waals surface area contributed by atoms with Gasteiger partial charge in [0.25, 0.3) is 0 Å². The number of pyridine rings is 1. The number of hydrogen-bond acceptors (Lipinski definition) is 3. The maximum atomic E-state index is 10.5. The number of carbonyl (C=O) groups excluding carboxylic acids is 1. The second-order valence-corrected chi connectivity index (χ2v) is 2.71. The first-order valence-corrected chi connectivity index (χ1v) is 4.03. The summed E-state index contributed by atoms with van der Waals surface area (Å²) >= 11 is 0. The average Bonchev–Trinajstić information content (AvgIpc) is 2.15. The van der Waals surface area contributed by atoms with E-state index < -0.39 is 6.10 Å². The van der Waals surface area contributed by atoms with Crippen LogP contribution in [0.2, 0.25) is 0 Å². The largest absolute Gasteiger partial charge is 0.385 e. The van der Waals surface area contributed by atoms with Gasteiger partial charge in [-0.05, 0) is 12.1 Å². The number of nitrogens with one attached hydrogen (secondary N) is 1. The minimum atomic E-state index is -0.731. The van der Waals surface area contributed by atoms with Gasteiger partial charge in [-0.3, -0.25) is 9.78 Å². The van der Waals surface area contributed by atoms with Gasteiger partial charge in [0.05, 0.1) is 5.69 Å². The van der Waals surface area contributed by atoms with Gasteiger partial charge < -0.3 is 10.4 Å². The van der Waals surface area contributed by atoms with Crippen LogP contribution in [0.3, 0.4) is 0 Å². The second kappa shape index (κ2) is 4.57. The van der Waals surface area contributed by atoms with Gasteiger partial charge in [0.1, 0.15) is 6.10 Å². The SMILES string of the molecule is CC(=O)NCC(O)c1ccccn1. The summed E-state index contributed by atoms with van der Waals surface area (Å²) in [7, 11) is 0. The van der Waals surface area contributed by atoms with Crippen LogP contribution in [0.5, 0.6) is 0 Å². The predicted molar refractivity (Wildman–Crippen MR) is 47.9 cm³/mol. The molecule has 0 aromatic carbocycles. The van der Waals surface area contributed by atoms with Gasteiger partial charge in [-0.15, -0.1) is 0 Å². The van der Waals surface area contributed by atoms with Crippen LogP contribution in [0.1, 0.15) is 18.7 Å². The Morgan fingerprint density at radius 3 is 3.00 bits per heavy atom. The summed E-state index contributed by atoms with van der Waals surface area (Å²) < 4.78 is 0. The maximum absolute atomic E-state index is 10.5. The van der Waals surface area contributed by atoms with Gasteiger partial charge in [-0.25, -0.2) is 0 Å². The van der Waals surface area contributed by atoms with E-state index in [-0.39, 0.29) is 12.5 Å². The normalized spacial score (nSPS) is 12.2. The molecule has 0 aliphatic rings. The molecule has 1 amide bonds. The van der Waals surface area contributed by atoms with Gasteiger partial charge >= 0.3 is 0 Å². The molecule has 0 aliphatic carbocycles. The van der Waals surface area contributed by atoms with E-state index in [1.165, 1.54) is 6.92 Å². The molecule has 1 heterocycles. The Bertz CT molecular complexity index is 274. The Kier molecular flexibility index (Phi) is 3.40. The monoisotopic (exact) mass is 180 g/mol. The first kappa shape index (κ1) is 9.67. The second-order valence-electron chi connectivity index (χ2n) is 2.71. The van der Waals surface area contributed by atoms with Crippen molar-refractivity contribution in [3.63, 3.8) is 0 Å². The van der Waals surface area contributed by atoms with E-state index in [0.29, 0.717) is 5.69 Å². The Morgan fingerprint density at radius 2 is 2.46 bits per heavy atom. The Balaban J connectivity index is 2.49. The third-order valence-corrected chi connectivity index (χ3v) is 1.57. The fraction of sp³-hybridized carbons (Fsp3) is 0.333. The molecule has 1 unspecified atom stereocenters. The van der Waals surface area contributed by atoms with Crippen molar-refractivity contribution in [2.24, 2.45) is 0 Å². The molecule has 0 spiro atoms. The van der Waals surface area contributed by atoms with Gasteiger partial charge in [0, 0.05) is 19.7 Å². The van der Waals surface area contributed by atoms with Crippen LogP contribution < -0.4 is 5.32 Å². The maximum Gasteiger partial charge on any atom is 0.216 e. The Labute approximate surface area is 76.6 Å².